The van der Waals surface area contributed by atoms with Crippen molar-refractivity contribution in [1.29, 1.82) is 0 Å². The summed E-state index contributed by atoms with van der Waals surface area (Å²) in [6, 6.07) is 8.25. The van der Waals surface area contributed by atoms with Crippen molar-refractivity contribution in [2.45, 2.75) is 13.8 Å². The largest absolute Gasteiger partial charge is 0.364 e. The van der Waals surface area contributed by atoms with Gasteiger partial charge in [-0.25, -0.2) is 0 Å². The van der Waals surface area contributed by atoms with E-state index in [1.807, 2.05) is 0 Å². The fraction of sp³-hybridized carbons (Fsp3) is 0.125. The number of carbonyl (C=O) groups excluding carboxylic acids is 3. The highest BCUT2D eigenvalue weighted by Crippen LogP contribution is 2.13. The van der Waals surface area contributed by atoms with E-state index in [1.165, 1.54) is 44.2 Å². The fourth-order valence-corrected chi connectivity index (χ4v) is 2.03. The van der Waals surface area contributed by atoms with E-state index in [0.717, 1.165) is 6.07 Å². The topological polar surface area (TPSA) is 131 Å². The molecule has 128 valence electrons. The molecule has 0 unspecified atom stereocenters. The van der Waals surface area contributed by atoms with Gasteiger partial charge in [0.2, 0.25) is 5.91 Å². The van der Waals surface area contributed by atoms with Crippen molar-refractivity contribution in [2.75, 3.05) is 5.32 Å². The number of hydrogen-bond acceptors (Lipinski definition) is 6. The molecule has 0 radical (unpaired) electrons. The van der Waals surface area contributed by atoms with Gasteiger partial charge in [0.15, 0.2) is 5.69 Å². The zero-order valence-electron chi connectivity index (χ0n) is 13.4. The molecule has 0 aliphatic carbocycles. The second-order valence-corrected chi connectivity index (χ2v) is 5.15. The number of aromatic nitrogens is 1. The summed E-state index contributed by atoms with van der Waals surface area (Å²) in [5.74, 6) is -2.17. The Morgan fingerprint density at radius 1 is 1.04 bits per heavy atom. The number of nitrogens with zero attached hydrogens (tertiary/aromatic N) is 2. The third-order valence-electron chi connectivity index (χ3n) is 3.08. The molecule has 9 heteroatoms. The van der Waals surface area contributed by atoms with Crippen molar-refractivity contribution >= 4 is 29.2 Å². The van der Waals surface area contributed by atoms with Crippen LogP contribution in [0.4, 0.5) is 11.5 Å². The van der Waals surface area contributed by atoms with Gasteiger partial charge in [-0.1, -0.05) is 0 Å². The lowest BCUT2D eigenvalue weighted by atomic mass is 10.1. The Hall–Kier alpha value is -3.62. The van der Waals surface area contributed by atoms with Crippen LogP contribution in [0.25, 0.3) is 0 Å². The highest BCUT2D eigenvalue weighted by Gasteiger charge is 2.18. The van der Waals surface area contributed by atoms with Crippen molar-refractivity contribution in [3.05, 3.63) is 63.3 Å². The zero-order valence-corrected chi connectivity index (χ0v) is 13.4. The van der Waals surface area contributed by atoms with E-state index in [4.69, 9.17) is 0 Å². The van der Waals surface area contributed by atoms with Gasteiger partial charge >= 0.3 is 5.82 Å². The number of nitrogens with one attached hydrogen (secondary N) is 2. The molecule has 2 rings (SSSR count). The molecule has 0 aliphatic rings. The van der Waals surface area contributed by atoms with Crippen LogP contribution >= 0.6 is 0 Å². The molecule has 0 saturated heterocycles. The summed E-state index contributed by atoms with van der Waals surface area (Å²) in [6.45, 7) is 2.86. The smallest absolute Gasteiger partial charge is 0.358 e. The minimum Gasteiger partial charge on any atom is -0.358 e. The Kier molecular flexibility index (Phi) is 5.18. The van der Waals surface area contributed by atoms with Crippen LogP contribution in [0.15, 0.2) is 36.4 Å². The monoisotopic (exact) mass is 342 g/mol. The lowest BCUT2D eigenvalue weighted by Crippen LogP contribution is -2.30. The van der Waals surface area contributed by atoms with Crippen molar-refractivity contribution in [3.8, 4) is 0 Å². The van der Waals surface area contributed by atoms with Crippen LogP contribution in [-0.4, -0.2) is 27.6 Å². The summed E-state index contributed by atoms with van der Waals surface area (Å²) in [6.07, 6.45) is 0. The van der Waals surface area contributed by atoms with Crippen molar-refractivity contribution in [3.63, 3.8) is 0 Å². The normalized spacial score (nSPS) is 10.0. The van der Waals surface area contributed by atoms with Gasteiger partial charge in [0.05, 0.1) is 5.56 Å². The van der Waals surface area contributed by atoms with Gasteiger partial charge in [0.1, 0.15) is 0 Å². The molecular formula is C16H14N4O5. The summed E-state index contributed by atoms with van der Waals surface area (Å²) >= 11 is 0. The van der Waals surface area contributed by atoms with Crippen LogP contribution in [0.2, 0.25) is 0 Å². The van der Waals surface area contributed by atoms with Crippen molar-refractivity contribution < 1.29 is 19.3 Å². The van der Waals surface area contributed by atoms with E-state index in [-0.39, 0.29) is 22.7 Å². The van der Waals surface area contributed by atoms with E-state index in [1.54, 1.807) is 0 Å². The Morgan fingerprint density at radius 2 is 1.64 bits per heavy atom. The SMILES string of the molecule is CC(=O)Nc1ccc(C(=O)NC(=O)c2cc(C)nc([N+](=O)[O-])c2)cc1. The third kappa shape index (κ3) is 4.67. The molecule has 25 heavy (non-hydrogen) atoms. The van der Waals surface area contributed by atoms with E-state index in [2.05, 4.69) is 15.6 Å². The fourth-order valence-electron chi connectivity index (χ4n) is 2.03. The molecule has 3 amide bonds. The molecular weight excluding hydrogens is 328 g/mol. The van der Waals surface area contributed by atoms with Gasteiger partial charge in [-0.2, -0.15) is 0 Å². The summed E-state index contributed by atoms with van der Waals surface area (Å²) < 4.78 is 0. The highest BCUT2D eigenvalue weighted by molar-refractivity contribution is 6.10. The van der Waals surface area contributed by atoms with Gasteiger partial charge in [0, 0.05) is 31.2 Å². The molecule has 1 aromatic heterocycles. The molecule has 0 aliphatic heterocycles. The van der Waals surface area contributed by atoms with E-state index in [9.17, 15) is 24.5 Å². The van der Waals surface area contributed by atoms with Crippen LogP contribution in [0, 0.1) is 17.0 Å². The molecule has 2 aromatic rings. The number of benzene rings is 1. The lowest BCUT2D eigenvalue weighted by Gasteiger charge is -2.06. The molecule has 1 aromatic carbocycles. The predicted octanol–water partition coefficient (Wildman–Crippen LogP) is 1.83. The first kappa shape index (κ1) is 17.7. The standard InChI is InChI=1S/C16H14N4O5/c1-9-7-12(8-14(17-9)20(24)25)16(23)19-15(22)11-3-5-13(6-4-11)18-10(2)21/h3-8H,1-2H3,(H,18,21)(H,19,22,23). The first-order valence-electron chi connectivity index (χ1n) is 7.12. The number of nitro groups is 1. The maximum Gasteiger partial charge on any atom is 0.364 e. The predicted molar refractivity (Wildman–Crippen MR) is 88.2 cm³/mol. The average molecular weight is 342 g/mol. The Labute approximate surface area is 142 Å². The minimum absolute atomic E-state index is 0.0394. The van der Waals surface area contributed by atoms with Crippen LogP contribution in [0.1, 0.15) is 33.3 Å². The van der Waals surface area contributed by atoms with Crippen molar-refractivity contribution in [2.24, 2.45) is 0 Å². The summed E-state index contributed by atoms with van der Waals surface area (Å²) in [4.78, 5) is 48.9. The van der Waals surface area contributed by atoms with E-state index in [0.29, 0.717) is 5.69 Å². The van der Waals surface area contributed by atoms with Gasteiger partial charge in [-0.05, 0) is 40.2 Å². The van der Waals surface area contributed by atoms with E-state index < -0.39 is 22.6 Å². The number of imide groups is 1. The van der Waals surface area contributed by atoms with Crippen LogP contribution in [0.3, 0.4) is 0 Å². The van der Waals surface area contributed by atoms with Crippen molar-refractivity contribution in [1.82, 2.24) is 10.3 Å². The van der Waals surface area contributed by atoms with E-state index >= 15 is 0 Å². The second kappa shape index (κ2) is 7.30. The average Bonchev–Trinajstić information content (AvgIpc) is 2.54. The summed E-state index contributed by atoms with van der Waals surface area (Å²) in [7, 11) is 0. The molecule has 0 atom stereocenters. The Bertz CT molecular complexity index is 861. The highest BCUT2D eigenvalue weighted by atomic mass is 16.6. The number of pyridine rings is 1. The summed E-state index contributed by atoms with van der Waals surface area (Å²) in [5.41, 5.74) is 0.951. The van der Waals surface area contributed by atoms with Crippen LogP contribution in [-0.2, 0) is 4.79 Å². The number of carbonyl (C=O) groups is 3. The molecule has 0 saturated carbocycles. The van der Waals surface area contributed by atoms with Gasteiger partial charge in [-0.15, -0.1) is 0 Å². The van der Waals surface area contributed by atoms with Gasteiger partial charge in [0.25, 0.3) is 11.8 Å². The quantitative estimate of drug-likeness (QED) is 0.495. The Morgan fingerprint density at radius 3 is 2.20 bits per heavy atom. The van der Waals surface area contributed by atoms with Crippen LogP contribution < -0.4 is 10.6 Å². The zero-order chi connectivity index (χ0) is 18.6. The number of anilines is 1. The first-order valence-corrected chi connectivity index (χ1v) is 7.12. The molecule has 0 fully saturated rings. The molecule has 0 bridgehead atoms. The summed E-state index contributed by atoms with van der Waals surface area (Å²) in [5, 5.41) is 15.5. The number of hydrogen-bond donors (Lipinski definition) is 2. The molecule has 2 N–H and O–H groups in total. The molecule has 1 heterocycles. The minimum atomic E-state index is -0.774. The number of rotatable bonds is 4. The van der Waals surface area contributed by atoms with Crippen LogP contribution in [0.5, 0.6) is 0 Å². The first-order chi connectivity index (χ1) is 11.8. The maximum atomic E-state index is 12.1. The number of amides is 3. The molecule has 9 nitrogen and oxygen atoms in total. The van der Waals surface area contributed by atoms with Gasteiger partial charge < -0.3 is 15.4 Å². The third-order valence-corrected chi connectivity index (χ3v) is 3.08. The number of aryl methyl sites for hydroxylation is 1. The van der Waals surface area contributed by atoms with Gasteiger partial charge in [-0.3, -0.25) is 19.7 Å². The second-order valence-electron chi connectivity index (χ2n) is 5.15. The maximum absolute atomic E-state index is 12.1. The Balaban J connectivity index is 2.13. The lowest BCUT2D eigenvalue weighted by molar-refractivity contribution is -0.389. The molecule has 0 spiro atoms.